The molecule has 0 amide bonds. The third kappa shape index (κ3) is 6.76. The maximum atomic E-state index is 12.5. The van der Waals surface area contributed by atoms with Crippen LogP contribution >= 0.6 is 11.8 Å². The van der Waals surface area contributed by atoms with Crippen molar-refractivity contribution in [2.75, 3.05) is 0 Å². The Balaban J connectivity index is 1.98. The molecule has 0 bridgehead atoms. The van der Waals surface area contributed by atoms with Crippen molar-refractivity contribution in [3.05, 3.63) is 20.8 Å². The Morgan fingerprint density at radius 3 is 2.14 bits per heavy atom. The Labute approximate surface area is 178 Å². The van der Waals surface area contributed by atoms with Gasteiger partial charge in [-0.25, -0.2) is 9.78 Å². The van der Waals surface area contributed by atoms with Crippen molar-refractivity contribution in [3.8, 4) is 0 Å². The summed E-state index contributed by atoms with van der Waals surface area (Å²) >= 11 is 1.68. The standard InChI is InChI=1S/C22H38N4O2S/c1-5-7-8-9-10-11-12-13-14-15-16-26-18-19(23-22(26)29-17(3)6-2)25(4)21(28)24-20(18)27/h17H,5-16H2,1-4H3,(H,24,27,28)/t17-/m1/s1. The van der Waals surface area contributed by atoms with Crippen LogP contribution in [0.1, 0.15) is 91.4 Å². The van der Waals surface area contributed by atoms with Gasteiger partial charge >= 0.3 is 5.69 Å². The molecule has 0 aliphatic heterocycles. The number of H-pyrrole nitrogens is 1. The maximum absolute atomic E-state index is 12.5. The van der Waals surface area contributed by atoms with Crippen LogP contribution in [0.5, 0.6) is 0 Å². The molecule has 0 radical (unpaired) electrons. The Morgan fingerprint density at radius 2 is 1.55 bits per heavy atom. The van der Waals surface area contributed by atoms with E-state index in [0.717, 1.165) is 31.0 Å². The monoisotopic (exact) mass is 422 g/mol. The number of aryl methyl sites for hydroxylation is 2. The minimum absolute atomic E-state index is 0.335. The Morgan fingerprint density at radius 1 is 0.966 bits per heavy atom. The van der Waals surface area contributed by atoms with Crippen LogP contribution in [0, 0.1) is 0 Å². The first-order valence-electron chi connectivity index (χ1n) is 11.4. The van der Waals surface area contributed by atoms with Crippen LogP contribution in [-0.2, 0) is 13.6 Å². The fraction of sp³-hybridized carbons (Fsp3) is 0.773. The van der Waals surface area contributed by atoms with Gasteiger partial charge in [0.2, 0.25) is 0 Å². The van der Waals surface area contributed by atoms with Crippen molar-refractivity contribution < 1.29 is 0 Å². The van der Waals surface area contributed by atoms with Crippen molar-refractivity contribution in [1.29, 1.82) is 0 Å². The highest BCUT2D eigenvalue weighted by Gasteiger charge is 2.18. The molecule has 0 aromatic carbocycles. The Kier molecular flexibility index (Phi) is 10.0. The molecule has 1 atom stereocenters. The van der Waals surface area contributed by atoms with Gasteiger partial charge in [-0.1, -0.05) is 90.3 Å². The van der Waals surface area contributed by atoms with Gasteiger partial charge in [-0.15, -0.1) is 0 Å². The van der Waals surface area contributed by atoms with E-state index in [2.05, 4.69) is 30.7 Å². The Hall–Kier alpha value is -1.50. The molecule has 164 valence electrons. The number of thioether (sulfide) groups is 1. The van der Waals surface area contributed by atoms with E-state index in [1.54, 1.807) is 18.8 Å². The second-order valence-electron chi connectivity index (χ2n) is 8.06. The van der Waals surface area contributed by atoms with Crippen molar-refractivity contribution >= 4 is 22.9 Å². The van der Waals surface area contributed by atoms with E-state index in [1.165, 1.54) is 55.9 Å². The second-order valence-corrected chi connectivity index (χ2v) is 9.46. The highest BCUT2D eigenvalue weighted by atomic mass is 32.2. The van der Waals surface area contributed by atoms with Crippen LogP contribution in [-0.4, -0.2) is 24.4 Å². The van der Waals surface area contributed by atoms with Gasteiger partial charge in [-0.2, -0.15) is 0 Å². The van der Waals surface area contributed by atoms with Gasteiger partial charge < -0.3 is 4.57 Å². The first-order chi connectivity index (χ1) is 14.0. The highest BCUT2D eigenvalue weighted by Crippen LogP contribution is 2.27. The van der Waals surface area contributed by atoms with Crippen LogP contribution in [0.25, 0.3) is 11.2 Å². The summed E-state index contributed by atoms with van der Waals surface area (Å²) in [5, 5.41) is 1.26. The van der Waals surface area contributed by atoms with Gasteiger partial charge in [-0.05, 0) is 12.8 Å². The average Bonchev–Trinajstić information content (AvgIpc) is 3.06. The number of aromatic amines is 1. The second kappa shape index (κ2) is 12.3. The molecule has 29 heavy (non-hydrogen) atoms. The van der Waals surface area contributed by atoms with E-state index in [4.69, 9.17) is 0 Å². The van der Waals surface area contributed by atoms with E-state index >= 15 is 0 Å². The maximum Gasteiger partial charge on any atom is 0.329 e. The minimum atomic E-state index is -0.411. The smallest absolute Gasteiger partial charge is 0.313 e. The lowest BCUT2D eigenvalue weighted by molar-refractivity contribution is 0.526. The number of unbranched alkanes of at least 4 members (excludes halogenated alkanes) is 9. The van der Waals surface area contributed by atoms with Crippen molar-refractivity contribution in [2.24, 2.45) is 7.05 Å². The summed E-state index contributed by atoms with van der Waals surface area (Å²) in [6.45, 7) is 7.34. The number of fused-ring (bicyclic) bond motifs is 1. The summed E-state index contributed by atoms with van der Waals surface area (Å²) in [5.41, 5.74) is 0.260. The van der Waals surface area contributed by atoms with Crippen LogP contribution in [0.4, 0.5) is 0 Å². The van der Waals surface area contributed by atoms with Gasteiger partial charge in [0.05, 0.1) is 0 Å². The zero-order valence-electron chi connectivity index (χ0n) is 18.6. The lowest BCUT2D eigenvalue weighted by atomic mass is 10.1. The summed E-state index contributed by atoms with van der Waals surface area (Å²) in [4.78, 5) is 31.5. The van der Waals surface area contributed by atoms with E-state index in [0.29, 0.717) is 16.4 Å². The molecule has 2 rings (SSSR count). The molecule has 1 N–H and O–H groups in total. The number of rotatable bonds is 14. The van der Waals surface area contributed by atoms with Gasteiger partial charge in [0.1, 0.15) is 0 Å². The number of aromatic nitrogens is 4. The fourth-order valence-electron chi connectivity index (χ4n) is 3.53. The van der Waals surface area contributed by atoms with E-state index in [9.17, 15) is 9.59 Å². The average molecular weight is 423 g/mol. The minimum Gasteiger partial charge on any atom is -0.313 e. The van der Waals surface area contributed by atoms with Crippen LogP contribution in [0.15, 0.2) is 14.7 Å². The van der Waals surface area contributed by atoms with E-state index in [-0.39, 0.29) is 5.56 Å². The topological polar surface area (TPSA) is 72.7 Å². The van der Waals surface area contributed by atoms with Crippen LogP contribution in [0.2, 0.25) is 0 Å². The highest BCUT2D eigenvalue weighted by molar-refractivity contribution is 7.99. The van der Waals surface area contributed by atoms with Crippen molar-refractivity contribution in [3.63, 3.8) is 0 Å². The third-order valence-corrected chi connectivity index (χ3v) is 6.85. The van der Waals surface area contributed by atoms with Gasteiger partial charge in [-0.3, -0.25) is 14.3 Å². The lowest BCUT2D eigenvalue weighted by Crippen LogP contribution is -2.29. The number of imidazole rings is 1. The summed E-state index contributed by atoms with van der Waals surface area (Å²) in [6, 6.07) is 0. The summed E-state index contributed by atoms with van der Waals surface area (Å²) in [5.74, 6) is 0. The van der Waals surface area contributed by atoms with Crippen molar-refractivity contribution in [2.45, 2.75) is 108 Å². The first kappa shape index (κ1) is 23.8. The molecule has 2 aromatic rings. The molecule has 6 nitrogen and oxygen atoms in total. The number of nitrogens with zero attached hydrogens (tertiary/aromatic N) is 3. The summed E-state index contributed by atoms with van der Waals surface area (Å²) < 4.78 is 3.46. The van der Waals surface area contributed by atoms with Gasteiger partial charge in [0, 0.05) is 18.8 Å². The molecule has 0 fully saturated rings. The molecule has 2 aromatic heterocycles. The molecule has 0 unspecified atom stereocenters. The van der Waals surface area contributed by atoms with E-state index < -0.39 is 5.69 Å². The molecule has 0 aliphatic carbocycles. The predicted molar refractivity (Wildman–Crippen MR) is 123 cm³/mol. The normalized spacial score (nSPS) is 12.7. The van der Waals surface area contributed by atoms with Crippen LogP contribution < -0.4 is 11.2 Å². The lowest BCUT2D eigenvalue weighted by Gasteiger charge is -2.11. The van der Waals surface area contributed by atoms with Gasteiger partial charge in [0.25, 0.3) is 5.56 Å². The predicted octanol–water partition coefficient (Wildman–Crippen LogP) is 5.23. The molecule has 0 spiro atoms. The fourth-order valence-corrected chi connectivity index (χ4v) is 4.51. The molecule has 0 saturated heterocycles. The van der Waals surface area contributed by atoms with Gasteiger partial charge in [0.15, 0.2) is 16.3 Å². The number of hydrogen-bond acceptors (Lipinski definition) is 4. The molecule has 0 aliphatic rings. The molecular weight excluding hydrogens is 384 g/mol. The molecular formula is C22H38N4O2S. The number of hydrogen-bond donors (Lipinski definition) is 1. The van der Waals surface area contributed by atoms with Crippen LogP contribution in [0.3, 0.4) is 0 Å². The quantitative estimate of drug-likeness (QED) is 0.334. The molecule has 2 heterocycles. The van der Waals surface area contributed by atoms with E-state index in [1.807, 2.05) is 4.57 Å². The summed E-state index contributed by atoms with van der Waals surface area (Å²) in [6.07, 6.45) is 13.8. The SMILES string of the molecule is CCCCCCCCCCCCn1c(S[C@H](C)CC)nc2c1c(=O)[nH]c(=O)n2C. The Bertz CT molecular complexity index is 868. The first-order valence-corrected chi connectivity index (χ1v) is 12.2. The van der Waals surface area contributed by atoms with Crippen molar-refractivity contribution in [1.82, 2.24) is 19.1 Å². The zero-order chi connectivity index (χ0) is 21.2. The largest absolute Gasteiger partial charge is 0.329 e. The number of nitrogens with one attached hydrogen (secondary N) is 1. The molecule has 0 saturated carbocycles. The third-order valence-electron chi connectivity index (χ3n) is 5.59. The summed E-state index contributed by atoms with van der Waals surface area (Å²) in [7, 11) is 1.66. The molecule has 7 heteroatoms. The zero-order valence-corrected chi connectivity index (χ0v) is 19.4.